The van der Waals surface area contributed by atoms with Crippen LogP contribution in [0.1, 0.15) is 25.3 Å². The molecule has 0 spiro atoms. The summed E-state index contributed by atoms with van der Waals surface area (Å²) in [4.78, 5) is 11.9. The predicted molar refractivity (Wildman–Crippen MR) is 102 cm³/mol. The first-order valence-electron chi connectivity index (χ1n) is 9.19. The third-order valence-corrected chi connectivity index (χ3v) is 7.16. The number of nitrogens with one attached hydrogen (secondary N) is 1. The van der Waals surface area contributed by atoms with Crippen LogP contribution in [0.15, 0.2) is 53.6 Å². The van der Waals surface area contributed by atoms with Crippen molar-refractivity contribution < 1.29 is 17.8 Å². The summed E-state index contributed by atoms with van der Waals surface area (Å²) in [5.74, 6) is 0.00448. The lowest BCUT2D eigenvalue weighted by molar-refractivity contribution is -0.124. The lowest BCUT2D eigenvalue weighted by Crippen LogP contribution is -2.49. The maximum absolute atomic E-state index is 12.1. The second kappa shape index (κ2) is 6.29. The molecule has 6 nitrogen and oxygen atoms in total. The highest BCUT2D eigenvalue weighted by atomic mass is 32.2. The van der Waals surface area contributed by atoms with Crippen molar-refractivity contribution in [2.24, 2.45) is 17.6 Å². The van der Waals surface area contributed by atoms with Crippen molar-refractivity contribution in [3.8, 4) is 0 Å². The van der Waals surface area contributed by atoms with E-state index in [-0.39, 0.29) is 23.8 Å². The van der Waals surface area contributed by atoms with Crippen molar-refractivity contribution >= 4 is 16.0 Å². The van der Waals surface area contributed by atoms with Gasteiger partial charge in [-0.05, 0) is 42.9 Å². The number of carbonyl (C=O) groups excluding carboxylic acids is 1. The van der Waals surface area contributed by atoms with Gasteiger partial charge < -0.3 is 11.1 Å². The Kier molecular flexibility index (Phi) is 4.29. The summed E-state index contributed by atoms with van der Waals surface area (Å²) in [5, 5.41) is 1.90. The fraction of sp³-hybridized carbons (Fsp3) is 0.450. The highest BCUT2D eigenvalue weighted by Gasteiger charge is 2.51. The van der Waals surface area contributed by atoms with Gasteiger partial charge in [0, 0.05) is 17.9 Å². The molecule has 4 rings (SSSR count). The quantitative estimate of drug-likeness (QED) is 0.536. The van der Waals surface area contributed by atoms with Gasteiger partial charge in [0.15, 0.2) is 0 Å². The van der Waals surface area contributed by atoms with Gasteiger partial charge in [0.2, 0.25) is 5.91 Å². The topological polar surface area (TPSA) is 109 Å². The van der Waals surface area contributed by atoms with Gasteiger partial charge in [0.25, 0.3) is 10.1 Å². The monoisotopic (exact) mass is 388 g/mol. The van der Waals surface area contributed by atoms with Crippen LogP contribution in [-0.2, 0) is 21.3 Å². The SMILES string of the molecule is CC1(N)C=CC(S(=O)(=O)O)C(Cc2ccccc2)=C1C1CC2CC1NC2=O. The zero-order valence-corrected chi connectivity index (χ0v) is 15.9. The first kappa shape index (κ1) is 18.4. The van der Waals surface area contributed by atoms with Crippen LogP contribution < -0.4 is 11.1 Å². The molecule has 1 aliphatic heterocycles. The van der Waals surface area contributed by atoms with Crippen LogP contribution in [0.25, 0.3) is 0 Å². The van der Waals surface area contributed by atoms with E-state index in [0.29, 0.717) is 18.4 Å². The molecule has 144 valence electrons. The number of benzene rings is 1. The van der Waals surface area contributed by atoms with Gasteiger partial charge in [-0.1, -0.05) is 42.5 Å². The average Bonchev–Trinajstić information content (AvgIpc) is 3.13. The van der Waals surface area contributed by atoms with Gasteiger partial charge in [-0.15, -0.1) is 0 Å². The number of hydrogen-bond donors (Lipinski definition) is 3. The van der Waals surface area contributed by atoms with E-state index in [4.69, 9.17) is 5.73 Å². The zero-order chi connectivity index (χ0) is 19.4. The second-order valence-electron chi connectivity index (χ2n) is 8.07. The molecule has 5 atom stereocenters. The van der Waals surface area contributed by atoms with E-state index < -0.39 is 20.9 Å². The number of fused-ring (bicyclic) bond motifs is 2. The fourth-order valence-electron chi connectivity index (χ4n) is 4.95. The van der Waals surface area contributed by atoms with Crippen molar-refractivity contribution in [2.45, 2.75) is 43.0 Å². The summed E-state index contributed by atoms with van der Waals surface area (Å²) in [6, 6.07) is 9.53. The van der Waals surface area contributed by atoms with E-state index >= 15 is 0 Å². The summed E-state index contributed by atoms with van der Waals surface area (Å²) in [7, 11) is -4.32. The molecule has 27 heavy (non-hydrogen) atoms. The minimum Gasteiger partial charge on any atom is -0.353 e. The molecule has 1 heterocycles. The van der Waals surface area contributed by atoms with Gasteiger partial charge in [-0.2, -0.15) is 8.42 Å². The van der Waals surface area contributed by atoms with Gasteiger partial charge >= 0.3 is 0 Å². The summed E-state index contributed by atoms with van der Waals surface area (Å²) in [6.45, 7) is 1.86. The third kappa shape index (κ3) is 3.24. The van der Waals surface area contributed by atoms with Crippen LogP contribution in [0.5, 0.6) is 0 Å². The number of amides is 1. The van der Waals surface area contributed by atoms with Gasteiger partial charge in [-0.25, -0.2) is 0 Å². The highest BCUT2D eigenvalue weighted by molar-refractivity contribution is 7.86. The molecule has 7 heteroatoms. The maximum atomic E-state index is 12.1. The van der Waals surface area contributed by atoms with Gasteiger partial charge in [-0.3, -0.25) is 9.35 Å². The van der Waals surface area contributed by atoms with Crippen LogP contribution in [0.3, 0.4) is 0 Å². The molecule has 1 saturated heterocycles. The summed E-state index contributed by atoms with van der Waals surface area (Å²) in [5.41, 5.74) is 8.18. The third-order valence-electron chi connectivity index (χ3n) is 6.08. The zero-order valence-electron chi connectivity index (χ0n) is 15.1. The van der Waals surface area contributed by atoms with Crippen molar-refractivity contribution in [1.29, 1.82) is 0 Å². The first-order chi connectivity index (χ1) is 12.7. The minimum absolute atomic E-state index is 0.0180. The lowest BCUT2D eigenvalue weighted by Gasteiger charge is -2.40. The van der Waals surface area contributed by atoms with Crippen molar-refractivity contribution in [3.05, 3.63) is 59.2 Å². The summed E-state index contributed by atoms with van der Waals surface area (Å²) in [6.07, 6.45) is 4.97. The Bertz CT molecular complexity index is 934. The number of rotatable bonds is 4. The molecular formula is C20H24N2O4S. The van der Waals surface area contributed by atoms with E-state index in [1.165, 1.54) is 6.08 Å². The summed E-state index contributed by atoms with van der Waals surface area (Å²) < 4.78 is 34.1. The molecule has 1 saturated carbocycles. The van der Waals surface area contributed by atoms with Crippen molar-refractivity contribution in [2.75, 3.05) is 0 Å². The van der Waals surface area contributed by atoms with Crippen LogP contribution in [0.2, 0.25) is 0 Å². The Labute approximate surface area is 159 Å². The largest absolute Gasteiger partial charge is 0.353 e. The van der Waals surface area contributed by atoms with Crippen LogP contribution in [-0.4, -0.2) is 35.7 Å². The second-order valence-corrected chi connectivity index (χ2v) is 9.61. The molecule has 1 amide bonds. The Balaban J connectivity index is 1.84. The predicted octanol–water partition coefficient (Wildman–Crippen LogP) is 1.59. The molecule has 0 radical (unpaired) electrons. The van der Waals surface area contributed by atoms with Crippen LogP contribution in [0.4, 0.5) is 0 Å². The molecule has 2 bridgehead atoms. The Morgan fingerprint density at radius 3 is 2.52 bits per heavy atom. The van der Waals surface area contributed by atoms with Crippen LogP contribution in [0, 0.1) is 11.8 Å². The number of piperidine rings is 1. The molecule has 1 aromatic rings. The van der Waals surface area contributed by atoms with Crippen molar-refractivity contribution in [1.82, 2.24) is 5.32 Å². The number of nitrogens with two attached hydrogens (primary N) is 1. The minimum atomic E-state index is -4.32. The molecule has 4 N–H and O–H groups in total. The van der Waals surface area contributed by atoms with E-state index in [2.05, 4.69) is 5.32 Å². The Hall–Kier alpha value is -1.96. The molecule has 5 unspecified atom stereocenters. The smallest absolute Gasteiger partial charge is 0.275 e. The van der Waals surface area contributed by atoms with Gasteiger partial charge in [0.1, 0.15) is 5.25 Å². The lowest BCUT2D eigenvalue weighted by atomic mass is 9.72. The first-order valence-corrected chi connectivity index (χ1v) is 10.7. The van der Waals surface area contributed by atoms with E-state index in [9.17, 15) is 17.8 Å². The Morgan fingerprint density at radius 1 is 1.26 bits per heavy atom. The molecule has 1 aromatic carbocycles. The molecule has 3 aliphatic rings. The average molecular weight is 388 g/mol. The van der Waals surface area contributed by atoms with Crippen LogP contribution >= 0.6 is 0 Å². The van der Waals surface area contributed by atoms with Crippen molar-refractivity contribution in [3.63, 3.8) is 0 Å². The van der Waals surface area contributed by atoms with E-state index in [1.54, 1.807) is 6.08 Å². The highest BCUT2D eigenvalue weighted by Crippen LogP contribution is 2.47. The maximum Gasteiger partial charge on any atom is 0.275 e. The normalized spacial score (nSPS) is 35.6. The fourth-order valence-corrected chi connectivity index (χ4v) is 5.80. The summed E-state index contributed by atoms with van der Waals surface area (Å²) >= 11 is 0. The molecule has 0 aromatic heterocycles. The number of hydrogen-bond acceptors (Lipinski definition) is 4. The van der Waals surface area contributed by atoms with E-state index in [0.717, 1.165) is 17.6 Å². The van der Waals surface area contributed by atoms with Gasteiger partial charge in [0.05, 0.1) is 5.54 Å². The van der Waals surface area contributed by atoms with E-state index in [1.807, 2.05) is 37.3 Å². The molecule has 2 aliphatic carbocycles. The number of carbonyl (C=O) groups is 1. The molecular weight excluding hydrogens is 364 g/mol. The standard InChI is InChI=1S/C20H24N2O4S/c1-20(21)8-7-17(27(24,25)26)15(9-12-5-3-2-4-6-12)18(20)14-10-13-11-16(14)22-19(13)23/h2-8,13-14,16-17H,9-11,21H2,1H3,(H,22,23)(H,24,25,26). The molecule has 2 fully saturated rings. The Morgan fingerprint density at radius 2 is 1.96 bits per heavy atom.